The molecule has 1 atom stereocenters. The van der Waals surface area contributed by atoms with Gasteiger partial charge in [-0.1, -0.05) is 42.5 Å². The highest BCUT2D eigenvalue weighted by molar-refractivity contribution is 5.99. The Bertz CT molecular complexity index is 1290. The average molecular weight is 500 g/mol. The topological polar surface area (TPSA) is 169 Å². The summed E-state index contributed by atoms with van der Waals surface area (Å²) in [5, 5.41) is 28.8. The van der Waals surface area contributed by atoms with Crippen molar-refractivity contribution in [2.45, 2.75) is 19.0 Å². The number of nitriles is 1. The van der Waals surface area contributed by atoms with Gasteiger partial charge in [0.05, 0.1) is 31.2 Å². The Morgan fingerprint density at radius 2 is 1.81 bits per heavy atom. The number of hydrogen-bond acceptors (Lipinski definition) is 6. The van der Waals surface area contributed by atoms with Crippen LogP contribution >= 0.6 is 0 Å². The number of aliphatic imine (C=N–C) groups is 1. The number of nitrogens with one attached hydrogen (secondary N) is 4. The van der Waals surface area contributed by atoms with Crippen LogP contribution in [-0.4, -0.2) is 40.4 Å². The molecule has 1 heterocycles. The first kappa shape index (κ1) is 26.4. The predicted octanol–water partition coefficient (Wildman–Crippen LogP) is 2.18. The number of pyridine rings is 1. The number of rotatable bonds is 10. The Morgan fingerprint density at radius 1 is 1.03 bits per heavy atom. The van der Waals surface area contributed by atoms with E-state index in [0.29, 0.717) is 16.9 Å². The molecule has 0 radical (unpaired) electrons. The van der Waals surface area contributed by atoms with Crippen molar-refractivity contribution in [1.29, 1.82) is 5.26 Å². The van der Waals surface area contributed by atoms with Crippen LogP contribution in [0.1, 0.15) is 34.1 Å². The molecule has 37 heavy (non-hydrogen) atoms. The average Bonchev–Trinajstić information content (AvgIpc) is 2.91. The molecule has 3 aromatic rings. The normalized spacial score (nSPS) is 11.5. The number of aliphatic carboxylic acids is 1. The van der Waals surface area contributed by atoms with Gasteiger partial charge in [-0.05, 0) is 35.9 Å². The highest BCUT2D eigenvalue weighted by Crippen LogP contribution is 2.16. The minimum absolute atomic E-state index is 0.176. The van der Waals surface area contributed by atoms with E-state index in [1.807, 2.05) is 12.3 Å². The van der Waals surface area contributed by atoms with E-state index in [-0.39, 0.29) is 31.0 Å². The SMILES string of the molecule is N#CNC(=NCc1ccccn1)Nc1cccc(C(=O)NCC(=O)NC(CC(=O)O)c2ccccc2)c1. The summed E-state index contributed by atoms with van der Waals surface area (Å²) in [7, 11) is 0. The van der Waals surface area contributed by atoms with Crippen molar-refractivity contribution in [3.05, 3.63) is 95.8 Å². The minimum Gasteiger partial charge on any atom is -0.481 e. The van der Waals surface area contributed by atoms with Gasteiger partial charge in [0.1, 0.15) is 0 Å². The van der Waals surface area contributed by atoms with Crippen molar-refractivity contribution in [2.24, 2.45) is 4.99 Å². The number of benzene rings is 2. The summed E-state index contributed by atoms with van der Waals surface area (Å²) in [6.07, 6.45) is 3.16. The van der Waals surface area contributed by atoms with Gasteiger partial charge in [-0.2, -0.15) is 5.26 Å². The van der Waals surface area contributed by atoms with Crippen LogP contribution < -0.4 is 21.3 Å². The van der Waals surface area contributed by atoms with Crippen molar-refractivity contribution in [3.8, 4) is 6.19 Å². The van der Waals surface area contributed by atoms with Crippen LogP contribution in [0.5, 0.6) is 0 Å². The molecule has 0 saturated heterocycles. The lowest BCUT2D eigenvalue weighted by molar-refractivity contribution is -0.137. The summed E-state index contributed by atoms with van der Waals surface area (Å²) in [6.45, 7) is -0.106. The molecule has 0 aliphatic carbocycles. The molecule has 0 saturated carbocycles. The maximum atomic E-state index is 12.6. The van der Waals surface area contributed by atoms with Gasteiger partial charge in [0.25, 0.3) is 5.91 Å². The van der Waals surface area contributed by atoms with Crippen molar-refractivity contribution in [2.75, 3.05) is 11.9 Å². The van der Waals surface area contributed by atoms with Crippen LogP contribution in [0.3, 0.4) is 0 Å². The largest absolute Gasteiger partial charge is 0.481 e. The molecule has 2 aromatic carbocycles. The smallest absolute Gasteiger partial charge is 0.305 e. The second kappa shape index (κ2) is 13.6. The Morgan fingerprint density at radius 3 is 2.51 bits per heavy atom. The van der Waals surface area contributed by atoms with Crippen molar-refractivity contribution in [1.82, 2.24) is 20.9 Å². The highest BCUT2D eigenvalue weighted by Gasteiger charge is 2.18. The summed E-state index contributed by atoms with van der Waals surface area (Å²) in [5.74, 6) is -1.92. The third-order valence-electron chi connectivity index (χ3n) is 5.01. The van der Waals surface area contributed by atoms with Crippen LogP contribution in [0, 0.1) is 11.5 Å². The summed E-state index contributed by atoms with van der Waals surface area (Å²) < 4.78 is 0. The number of carbonyl (C=O) groups is 3. The zero-order chi connectivity index (χ0) is 26.5. The van der Waals surface area contributed by atoms with E-state index in [2.05, 4.69) is 31.2 Å². The highest BCUT2D eigenvalue weighted by atomic mass is 16.4. The molecular weight excluding hydrogens is 474 g/mol. The third kappa shape index (κ3) is 8.80. The lowest BCUT2D eigenvalue weighted by atomic mass is 10.0. The van der Waals surface area contributed by atoms with Crippen molar-refractivity contribution in [3.63, 3.8) is 0 Å². The first-order valence-electron chi connectivity index (χ1n) is 11.3. The number of carbonyl (C=O) groups excluding carboxylic acids is 2. The Balaban J connectivity index is 1.59. The predicted molar refractivity (Wildman–Crippen MR) is 136 cm³/mol. The summed E-state index contributed by atoms with van der Waals surface area (Å²) in [5.41, 5.74) is 2.12. The molecule has 188 valence electrons. The van der Waals surface area contributed by atoms with Crippen LogP contribution in [-0.2, 0) is 16.1 Å². The first-order chi connectivity index (χ1) is 17.9. The molecule has 1 aromatic heterocycles. The molecule has 2 amide bonds. The second-order valence-electron chi connectivity index (χ2n) is 7.74. The molecule has 11 heteroatoms. The van der Waals surface area contributed by atoms with Gasteiger partial charge in [0.2, 0.25) is 11.9 Å². The number of hydrogen-bond donors (Lipinski definition) is 5. The van der Waals surface area contributed by atoms with Crippen LogP contribution in [0.25, 0.3) is 0 Å². The molecule has 0 bridgehead atoms. The molecule has 3 rings (SSSR count). The van der Waals surface area contributed by atoms with Crippen LogP contribution in [0.2, 0.25) is 0 Å². The second-order valence-corrected chi connectivity index (χ2v) is 7.74. The maximum absolute atomic E-state index is 12.6. The van der Waals surface area contributed by atoms with Crippen molar-refractivity contribution >= 4 is 29.4 Å². The zero-order valence-corrected chi connectivity index (χ0v) is 19.7. The first-order valence-corrected chi connectivity index (χ1v) is 11.3. The molecule has 11 nitrogen and oxygen atoms in total. The molecule has 1 unspecified atom stereocenters. The lowest BCUT2D eigenvalue weighted by Gasteiger charge is -2.17. The van der Waals surface area contributed by atoms with Gasteiger partial charge in [-0.3, -0.25) is 24.7 Å². The van der Waals surface area contributed by atoms with E-state index in [4.69, 9.17) is 5.26 Å². The number of carboxylic acid groups (broad SMARTS) is 1. The van der Waals surface area contributed by atoms with Gasteiger partial charge < -0.3 is 21.1 Å². The number of nitrogens with zero attached hydrogens (tertiary/aromatic N) is 3. The Labute approximate surface area is 213 Å². The van der Waals surface area contributed by atoms with Gasteiger partial charge in [-0.15, -0.1) is 0 Å². The third-order valence-corrected chi connectivity index (χ3v) is 5.01. The lowest BCUT2D eigenvalue weighted by Crippen LogP contribution is -2.39. The Hall–Kier alpha value is -5.24. The molecule has 0 fully saturated rings. The summed E-state index contributed by atoms with van der Waals surface area (Å²) in [4.78, 5) is 44.8. The molecule has 0 aliphatic heterocycles. The van der Waals surface area contributed by atoms with Gasteiger partial charge in [0.15, 0.2) is 6.19 Å². The van der Waals surface area contributed by atoms with E-state index in [1.54, 1.807) is 72.9 Å². The maximum Gasteiger partial charge on any atom is 0.305 e. The Kier molecular flexibility index (Phi) is 9.69. The van der Waals surface area contributed by atoms with Crippen LogP contribution in [0.15, 0.2) is 84.0 Å². The van der Waals surface area contributed by atoms with E-state index in [0.717, 1.165) is 0 Å². The molecule has 0 aliphatic rings. The van der Waals surface area contributed by atoms with Crippen LogP contribution in [0.4, 0.5) is 5.69 Å². The van der Waals surface area contributed by atoms with Gasteiger partial charge in [0, 0.05) is 17.4 Å². The van der Waals surface area contributed by atoms with E-state index in [9.17, 15) is 19.5 Å². The molecule has 5 N–H and O–H groups in total. The fourth-order valence-corrected chi connectivity index (χ4v) is 3.31. The minimum atomic E-state index is -1.06. The number of aromatic nitrogens is 1. The number of amides is 2. The quantitative estimate of drug-likeness (QED) is 0.122. The monoisotopic (exact) mass is 499 g/mol. The zero-order valence-electron chi connectivity index (χ0n) is 19.7. The number of carboxylic acids is 1. The summed E-state index contributed by atoms with van der Waals surface area (Å²) >= 11 is 0. The number of anilines is 1. The van der Waals surface area contributed by atoms with Crippen molar-refractivity contribution < 1.29 is 19.5 Å². The van der Waals surface area contributed by atoms with E-state index < -0.39 is 23.8 Å². The standard InChI is InChI=1S/C26H25N7O4/c27-17-31-26(30-15-21-10-4-5-12-28-21)32-20-11-6-9-19(13-20)25(37)29-16-23(34)33-22(14-24(35)36)18-7-2-1-3-8-18/h1-13,22H,14-16H2,(H,29,37)(H,33,34)(H,35,36)(H2,30,31,32). The molecule has 0 spiro atoms. The van der Waals surface area contributed by atoms with E-state index in [1.165, 1.54) is 0 Å². The van der Waals surface area contributed by atoms with E-state index >= 15 is 0 Å². The molecular formula is C26H25N7O4. The van der Waals surface area contributed by atoms with Gasteiger partial charge in [-0.25, -0.2) is 4.99 Å². The number of guanidine groups is 1. The van der Waals surface area contributed by atoms with Gasteiger partial charge >= 0.3 is 5.97 Å². The summed E-state index contributed by atoms with van der Waals surface area (Å²) in [6, 6.07) is 19.9. The fourth-order valence-electron chi connectivity index (χ4n) is 3.31. The fraction of sp³-hybridized carbons (Fsp3) is 0.154.